The van der Waals surface area contributed by atoms with Gasteiger partial charge in [-0.3, -0.25) is 4.98 Å². The summed E-state index contributed by atoms with van der Waals surface area (Å²) in [6.45, 7) is 8.24. The molecule has 1 saturated heterocycles. The quantitative estimate of drug-likeness (QED) is 0.371. The monoisotopic (exact) mass is 566 g/mol. The van der Waals surface area contributed by atoms with E-state index < -0.39 is 17.6 Å². The number of nitrogens with zero attached hydrogens (tertiary/aromatic N) is 7. The molecule has 0 spiro atoms. The third-order valence-electron chi connectivity index (χ3n) is 6.99. The zero-order valence-electron chi connectivity index (χ0n) is 22.4. The van der Waals surface area contributed by atoms with Gasteiger partial charge in [0.2, 0.25) is 0 Å². The summed E-state index contributed by atoms with van der Waals surface area (Å²) in [5.74, 6) is -0.440. The molecule has 208 valence electrons. The summed E-state index contributed by atoms with van der Waals surface area (Å²) in [4.78, 5) is 46.3. The van der Waals surface area contributed by atoms with Gasteiger partial charge in [0, 0.05) is 31.9 Å². The van der Waals surface area contributed by atoms with Gasteiger partial charge >= 0.3 is 11.8 Å². The number of nitrogen functional groups attached to an aromatic ring is 1. The fourth-order valence-corrected chi connectivity index (χ4v) is 5.24. The van der Waals surface area contributed by atoms with E-state index >= 15 is 4.39 Å². The topological polar surface area (TPSA) is 143 Å². The van der Waals surface area contributed by atoms with E-state index in [4.69, 9.17) is 17.3 Å². The zero-order valence-corrected chi connectivity index (χ0v) is 23.1. The van der Waals surface area contributed by atoms with Crippen LogP contribution in [0.15, 0.2) is 35.3 Å². The van der Waals surface area contributed by atoms with Crippen molar-refractivity contribution in [2.24, 2.45) is 0 Å². The third kappa shape index (κ3) is 4.68. The molecule has 11 nitrogen and oxygen atoms in total. The number of halogens is 2. The zero-order chi connectivity index (χ0) is 28.9. The number of anilines is 2. The van der Waals surface area contributed by atoms with Crippen molar-refractivity contribution in [1.82, 2.24) is 29.4 Å². The van der Waals surface area contributed by atoms with Crippen LogP contribution in [-0.2, 0) is 0 Å². The lowest BCUT2D eigenvalue weighted by Crippen LogP contribution is -2.54. The summed E-state index contributed by atoms with van der Waals surface area (Å²) >= 11 is 6.37. The molecule has 5 heterocycles. The van der Waals surface area contributed by atoms with Crippen LogP contribution in [0.1, 0.15) is 37.9 Å². The summed E-state index contributed by atoms with van der Waals surface area (Å²) in [5, 5.41) is 9.87. The lowest BCUT2D eigenvalue weighted by atomic mass is 10.0. The van der Waals surface area contributed by atoms with Gasteiger partial charge < -0.3 is 20.6 Å². The number of carboxylic acid groups (broad SMARTS) is 1. The Morgan fingerprint density at radius 3 is 2.60 bits per heavy atom. The van der Waals surface area contributed by atoms with E-state index in [1.54, 1.807) is 17.2 Å². The van der Waals surface area contributed by atoms with Gasteiger partial charge in [-0.15, -0.1) is 0 Å². The largest absolute Gasteiger partial charge is 0.465 e. The van der Waals surface area contributed by atoms with Crippen LogP contribution >= 0.6 is 11.6 Å². The number of hydrogen-bond acceptors (Lipinski definition) is 8. The number of aryl methyl sites for hydroxylation is 1. The van der Waals surface area contributed by atoms with Crippen LogP contribution in [0.2, 0.25) is 5.02 Å². The van der Waals surface area contributed by atoms with E-state index in [0.29, 0.717) is 11.4 Å². The number of hydrogen-bond donors (Lipinski definition) is 2. The Balaban J connectivity index is 1.85. The summed E-state index contributed by atoms with van der Waals surface area (Å²) in [6, 6.07) is 5.70. The Morgan fingerprint density at radius 1 is 1.18 bits per heavy atom. The highest BCUT2D eigenvalue weighted by molar-refractivity contribution is 6.33. The highest BCUT2D eigenvalue weighted by Crippen LogP contribution is 2.34. The molecule has 1 amide bonds. The summed E-state index contributed by atoms with van der Waals surface area (Å²) < 4.78 is 17.2. The maximum Gasteiger partial charge on any atom is 0.407 e. The minimum atomic E-state index is -1.03. The summed E-state index contributed by atoms with van der Waals surface area (Å²) in [5.41, 5.74) is 7.14. The second-order valence-electron chi connectivity index (χ2n) is 10.1. The Kier molecular flexibility index (Phi) is 7.05. The molecule has 4 aromatic rings. The first-order chi connectivity index (χ1) is 19.0. The van der Waals surface area contributed by atoms with Gasteiger partial charge in [0.25, 0.3) is 0 Å². The molecule has 3 N–H and O–H groups in total. The summed E-state index contributed by atoms with van der Waals surface area (Å²) in [7, 11) is 0. The lowest BCUT2D eigenvalue weighted by Gasteiger charge is -2.39. The highest BCUT2D eigenvalue weighted by atomic mass is 35.5. The van der Waals surface area contributed by atoms with Crippen molar-refractivity contribution < 1.29 is 14.3 Å². The van der Waals surface area contributed by atoms with E-state index in [9.17, 15) is 14.7 Å². The van der Waals surface area contributed by atoms with E-state index in [0.717, 1.165) is 5.56 Å². The van der Waals surface area contributed by atoms with Crippen molar-refractivity contribution >= 4 is 40.4 Å². The van der Waals surface area contributed by atoms with E-state index in [1.165, 1.54) is 27.7 Å². The molecule has 5 rings (SSSR count). The van der Waals surface area contributed by atoms with E-state index in [1.807, 2.05) is 27.7 Å². The van der Waals surface area contributed by atoms with Crippen molar-refractivity contribution in [3.8, 4) is 17.1 Å². The van der Waals surface area contributed by atoms with Crippen LogP contribution in [0.25, 0.3) is 28.1 Å². The van der Waals surface area contributed by atoms with Crippen LogP contribution in [0.3, 0.4) is 0 Å². The number of rotatable bonds is 4. The first-order valence-corrected chi connectivity index (χ1v) is 13.1. The number of nitrogens with two attached hydrogens (primary N) is 1. The van der Waals surface area contributed by atoms with Crippen LogP contribution in [0.5, 0.6) is 0 Å². The Labute approximate surface area is 234 Å². The van der Waals surface area contributed by atoms with Crippen LogP contribution in [0, 0.1) is 12.7 Å². The molecule has 0 aromatic carbocycles. The van der Waals surface area contributed by atoms with Crippen molar-refractivity contribution in [2.45, 2.75) is 39.7 Å². The molecule has 0 bridgehead atoms. The molecule has 1 aliphatic rings. The molecule has 0 radical (unpaired) electrons. The molecule has 0 saturated carbocycles. The van der Waals surface area contributed by atoms with Crippen LogP contribution in [-0.4, -0.2) is 66.3 Å². The molecule has 4 aromatic heterocycles. The smallest absolute Gasteiger partial charge is 0.407 e. The number of carbonyl (C=O) groups is 1. The number of aromatic nitrogens is 5. The first-order valence-electron chi connectivity index (χ1n) is 12.7. The predicted molar refractivity (Wildman–Crippen MR) is 151 cm³/mol. The molecule has 1 aliphatic heterocycles. The first kappa shape index (κ1) is 27.3. The van der Waals surface area contributed by atoms with Crippen molar-refractivity contribution in [3.05, 3.63) is 63.0 Å². The average molecular weight is 567 g/mol. The fourth-order valence-electron chi connectivity index (χ4n) is 5.05. The number of amides is 1. The Hall–Kier alpha value is -4.32. The number of piperazine rings is 1. The van der Waals surface area contributed by atoms with Gasteiger partial charge in [-0.1, -0.05) is 25.4 Å². The van der Waals surface area contributed by atoms with Gasteiger partial charge in [-0.2, -0.15) is 4.98 Å². The normalized spacial score (nSPS) is 15.7. The standard InChI is InChI=1S/C27H28ClFN8O3/c1-13(2)20-23(14(3)7-8-31-20)37-25-16(11-18(29)22(33-25)21-17(28)5-6-19(30)32-21)24(34-26(37)38)36-10-9-35(27(39)40)12-15(36)4/h5-8,11,13,15H,9-10,12H2,1-4H3,(H2,30,32)(H,39,40). The summed E-state index contributed by atoms with van der Waals surface area (Å²) in [6.07, 6.45) is 0.638. The Bertz CT molecular complexity index is 1710. The minimum absolute atomic E-state index is 0.0360. The van der Waals surface area contributed by atoms with Gasteiger partial charge in [-0.05, 0) is 49.6 Å². The van der Waals surface area contributed by atoms with Crippen molar-refractivity contribution in [2.75, 3.05) is 30.3 Å². The molecule has 13 heteroatoms. The molecular weight excluding hydrogens is 539 g/mol. The van der Waals surface area contributed by atoms with Gasteiger partial charge in [-0.25, -0.2) is 28.5 Å². The fraction of sp³-hybridized carbons (Fsp3) is 0.333. The molecular formula is C27H28ClFN8O3. The molecule has 1 unspecified atom stereocenters. The predicted octanol–water partition coefficient (Wildman–Crippen LogP) is 4.23. The van der Waals surface area contributed by atoms with Crippen molar-refractivity contribution in [1.29, 1.82) is 0 Å². The lowest BCUT2D eigenvalue weighted by molar-refractivity contribution is 0.136. The third-order valence-corrected chi connectivity index (χ3v) is 7.29. The van der Waals surface area contributed by atoms with Gasteiger partial charge in [0.1, 0.15) is 23.0 Å². The maximum atomic E-state index is 15.8. The number of pyridine rings is 3. The van der Waals surface area contributed by atoms with E-state index in [2.05, 4.69) is 19.9 Å². The molecule has 1 atom stereocenters. The molecule has 0 aliphatic carbocycles. The number of fused-ring (bicyclic) bond motifs is 1. The van der Waals surface area contributed by atoms with Gasteiger partial charge in [0.15, 0.2) is 11.5 Å². The highest BCUT2D eigenvalue weighted by Gasteiger charge is 2.31. The Morgan fingerprint density at radius 2 is 1.93 bits per heavy atom. The van der Waals surface area contributed by atoms with Crippen molar-refractivity contribution in [3.63, 3.8) is 0 Å². The average Bonchev–Trinajstić information content (AvgIpc) is 2.90. The maximum absolute atomic E-state index is 15.8. The second kappa shape index (κ2) is 10.3. The second-order valence-corrected chi connectivity index (χ2v) is 10.5. The molecule has 40 heavy (non-hydrogen) atoms. The van der Waals surface area contributed by atoms with Crippen LogP contribution < -0.4 is 16.3 Å². The van der Waals surface area contributed by atoms with Crippen LogP contribution in [0.4, 0.5) is 20.8 Å². The van der Waals surface area contributed by atoms with Gasteiger partial charge in [0.05, 0.1) is 21.8 Å². The molecule has 1 fully saturated rings. The minimum Gasteiger partial charge on any atom is -0.465 e. The van der Waals surface area contributed by atoms with E-state index in [-0.39, 0.29) is 70.7 Å². The SMILES string of the molecule is Cc1ccnc(C(C)C)c1-n1c(=O)nc(N2CCN(C(=O)O)CC2C)c2cc(F)c(-c3nc(N)ccc3Cl)nc21.